The van der Waals surface area contributed by atoms with Gasteiger partial charge in [0, 0.05) is 12.8 Å². The first-order valence-corrected chi connectivity index (χ1v) is 5.30. The number of hydrogen-bond acceptors (Lipinski definition) is 2. The third-order valence-electron chi connectivity index (χ3n) is 2.85. The van der Waals surface area contributed by atoms with Crippen LogP contribution in [0.2, 0.25) is 0 Å². The van der Waals surface area contributed by atoms with E-state index in [1.807, 2.05) is 6.92 Å². The molecule has 0 saturated heterocycles. The van der Waals surface area contributed by atoms with Crippen molar-refractivity contribution >= 4 is 11.6 Å². The summed E-state index contributed by atoms with van der Waals surface area (Å²) in [5, 5.41) is 0. The van der Waals surface area contributed by atoms with Gasteiger partial charge in [0.1, 0.15) is 5.78 Å². The van der Waals surface area contributed by atoms with E-state index in [2.05, 4.69) is 0 Å². The number of hydrogen-bond donors (Lipinski definition) is 0. The van der Waals surface area contributed by atoms with Crippen LogP contribution in [0.1, 0.15) is 46.0 Å². The standard InChI is InChI=1S/C12H18O2/c1-9-8-12(14)7-6-11(9)5-3-4-10(2)13/h8,11H,3-7H2,1-2H3. The van der Waals surface area contributed by atoms with E-state index < -0.39 is 0 Å². The number of carbonyl (C=O) groups is 2. The van der Waals surface area contributed by atoms with Gasteiger partial charge >= 0.3 is 0 Å². The molecule has 2 nitrogen and oxygen atoms in total. The molecule has 0 radical (unpaired) electrons. The van der Waals surface area contributed by atoms with Crippen molar-refractivity contribution in [2.45, 2.75) is 46.0 Å². The zero-order valence-corrected chi connectivity index (χ0v) is 9.01. The number of rotatable bonds is 4. The first kappa shape index (κ1) is 11.2. The van der Waals surface area contributed by atoms with Gasteiger partial charge in [-0.25, -0.2) is 0 Å². The van der Waals surface area contributed by atoms with Crippen molar-refractivity contribution in [1.29, 1.82) is 0 Å². The molecule has 0 N–H and O–H groups in total. The van der Waals surface area contributed by atoms with Crippen LogP contribution in [0.25, 0.3) is 0 Å². The molecule has 0 bridgehead atoms. The first-order valence-electron chi connectivity index (χ1n) is 5.30. The maximum absolute atomic E-state index is 11.1. The fraction of sp³-hybridized carbons (Fsp3) is 0.667. The molecule has 0 fully saturated rings. The molecule has 1 rings (SSSR count). The molecule has 1 atom stereocenters. The third kappa shape index (κ3) is 3.44. The molecule has 0 aromatic rings. The SMILES string of the molecule is CC(=O)CCCC1CCC(=O)C=C1C. The third-order valence-corrected chi connectivity index (χ3v) is 2.85. The van der Waals surface area contributed by atoms with Crippen molar-refractivity contribution in [2.75, 3.05) is 0 Å². The maximum atomic E-state index is 11.1. The van der Waals surface area contributed by atoms with Crippen molar-refractivity contribution in [3.8, 4) is 0 Å². The lowest BCUT2D eigenvalue weighted by Gasteiger charge is -2.20. The number of ketones is 2. The van der Waals surface area contributed by atoms with Gasteiger partial charge in [0.25, 0.3) is 0 Å². The largest absolute Gasteiger partial charge is 0.300 e. The minimum absolute atomic E-state index is 0.255. The topological polar surface area (TPSA) is 34.1 Å². The zero-order chi connectivity index (χ0) is 10.6. The first-order chi connectivity index (χ1) is 6.59. The Morgan fingerprint density at radius 3 is 2.86 bits per heavy atom. The predicted octanol–water partition coefficient (Wildman–Crippen LogP) is 2.67. The number of Topliss-reactive ketones (excluding diaryl/α,β-unsaturated/α-hetero) is 1. The van der Waals surface area contributed by atoms with E-state index in [0.717, 1.165) is 19.3 Å². The van der Waals surface area contributed by atoms with Crippen LogP contribution < -0.4 is 0 Å². The van der Waals surface area contributed by atoms with Gasteiger partial charge in [-0.1, -0.05) is 5.57 Å². The highest BCUT2D eigenvalue weighted by Gasteiger charge is 2.17. The van der Waals surface area contributed by atoms with E-state index in [-0.39, 0.29) is 11.6 Å². The van der Waals surface area contributed by atoms with Crippen molar-refractivity contribution in [1.82, 2.24) is 0 Å². The minimum Gasteiger partial charge on any atom is -0.300 e. The quantitative estimate of drug-likeness (QED) is 0.689. The maximum Gasteiger partial charge on any atom is 0.155 e. The molecule has 78 valence electrons. The molecule has 1 unspecified atom stereocenters. The lowest BCUT2D eigenvalue weighted by atomic mass is 9.84. The highest BCUT2D eigenvalue weighted by Crippen LogP contribution is 2.27. The Hall–Kier alpha value is -0.920. The number of carbonyl (C=O) groups excluding carboxylic acids is 2. The van der Waals surface area contributed by atoms with Crippen LogP contribution in [-0.2, 0) is 9.59 Å². The summed E-state index contributed by atoms with van der Waals surface area (Å²) in [5.41, 5.74) is 1.20. The summed E-state index contributed by atoms with van der Waals surface area (Å²) < 4.78 is 0. The van der Waals surface area contributed by atoms with Crippen molar-refractivity contribution in [3.63, 3.8) is 0 Å². The molecule has 0 heterocycles. The smallest absolute Gasteiger partial charge is 0.155 e. The van der Waals surface area contributed by atoms with Gasteiger partial charge in [0.15, 0.2) is 5.78 Å². The van der Waals surface area contributed by atoms with E-state index in [0.29, 0.717) is 18.8 Å². The Labute approximate surface area is 85.4 Å². The second-order valence-corrected chi connectivity index (χ2v) is 4.18. The van der Waals surface area contributed by atoms with E-state index in [4.69, 9.17) is 0 Å². The molecule has 14 heavy (non-hydrogen) atoms. The van der Waals surface area contributed by atoms with Gasteiger partial charge in [-0.2, -0.15) is 0 Å². The average molecular weight is 194 g/mol. The van der Waals surface area contributed by atoms with Gasteiger partial charge in [0.2, 0.25) is 0 Å². The lowest BCUT2D eigenvalue weighted by Crippen LogP contribution is -2.12. The van der Waals surface area contributed by atoms with Gasteiger partial charge in [-0.3, -0.25) is 4.79 Å². The Bertz CT molecular complexity index is 263. The summed E-state index contributed by atoms with van der Waals surface area (Å²) in [4.78, 5) is 21.8. The predicted molar refractivity (Wildman–Crippen MR) is 56.0 cm³/mol. The lowest BCUT2D eigenvalue weighted by molar-refractivity contribution is -0.117. The van der Waals surface area contributed by atoms with Crippen LogP contribution in [-0.4, -0.2) is 11.6 Å². The highest BCUT2D eigenvalue weighted by atomic mass is 16.1. The van der Waals surface area contributed by atoms with E-state index in [9.17, 15) is 9.59 Å². The van der Waals surface area contributed by atoms with Crippen LogP contribution in [0, 0.1) is 5.92 Å². The van der Waals surface area contributed by atoms with Crippen molar-refractivity contribution < 1.29 is 9.59 Å². The monoisotopic (exact) mass is 194 g/mol. The second-order valence-electron chi connectivity index (χ2n) is 4.18. The molecule has 0 aliphatic heterocycles. The van der Waals surface area contributed by atoms with Crippen LogP contribution in [0.3, 0.4) is 0 Å². The molecular formula is C12H18O2. The highest BCUT2D eigenvalue weighted by molar-refractivity contribution is 5.91. The fourth-order valence-electron chi connectivity index (χ4n) is 1.96. The van der Waals surface area contributed by atoms with E-state index >= 15 is 0 Å². The Kier molecular flexibility index (Phi) is 4.05. The van der Waals surface area contributed by atoms with Gasteiger partial charge in [-0.15, -0.1) is 0 Å². The van der Waals surface area contributed by atoms with Gasteiger partial charge < -0.3 is 4.79 Å². The molecule has 1 aliphatic rings. The summed E-state index contributed by atoms with van der Waals surface area (Å²) in [6, 6.07) is 0. The summed E-state index contributed by atoms with van der Waals surface area (Å²) in [5.74, 6) is 1.05. The molecule has 1 aliphatic carbocycles. The Morgan fingerprint density at radius 2 is 2.29 bits per heavy atom. The summed E-state index contributed by atoms with van der Waals surface area (Å²) in [7, 11) is 0. The summed E-state index contributed by atoms with van der Waals surface area (Å²) in [6.45, 7) is 3.66. The van der Waals surface area contributed by atoms with Gasteiger partial charge in [-0.05, 0) is 45.1 Å². The van der Waals surface area contributed by atoms with Crippen LogP contribution in [0.4, 0.5) is 0 Å². The van der Waals surface area contributed by atoms with Crippen LogP contribution in [0.5, 0.6) is 0 Å². The van der Waals surface area contributed by atoms with E-state index in [1.54, 1.807) is 13.0 Å². The number of allylic oxidation sites excluding steroid dienone is 2. The molecule has 2 heteroatoms. The van der Waals surface area contributed by atoms with Crippen LogP contribution in [0.15, 0.2) is 11.6 Å². The van der Waals surface area contributed by atoms with Crippen molar-refractivity contribution in [2.24, 2.45) is 5.92 Å². The molecule has 0 aromatic heterocycles. The van der Waals surface area contributed by atoms with Gasteiger partial charge in [0.05, 0.1) is 0 Å². The van der Waals surface area contributed by atoms with Crippen molar-refractivity contribution in [3.05, 3.63) is 11.6 Å². The summed E-state index contributed by atoms with van der Waals surface area (Å²) in [6.07, 6.45) is 6.11. The minimum atomic E-state index is 0.255. The average Bonchev–Trinajstić information content (AvgIpc) is 2.08. The fourth-order valence-corrected chi connectivity index (χ4v) is 1.96. The molecule has 0 saturated carbocycles. The van der Waals surface area contributed by atoms with Crippen LogP contribution >= 0.6 is 0 Å². The Balaban J connectivity index is 2.35. The second kappa shape index (κ2) is 5.08. The Morgan fingerprint density at radius 1 is 1.57 bits per heavy atom. The molecule has 0 amide bonds. The molecule has 0 aromatic carbocycles. The normalized spacial score (nSPS) is 22.0. The zero-order valence-electron chi connectivity index (χ0n) is 9.01. The van der Waals surface area contributed by atoms with E-state index in [1.165, 1.54) is 5.57 Å². The molecular weight excluding hydrogens is 176 g/mol. The molecule has 0 spiro atoms. The summed E-state index contributed by atoms with van der Waals surface area (Å²) >= 11 is 0.